The van der Waals surface area contributed by atoms with Gasteiger partial charge in [-0.3, -0.25) is 57.7 Å². The van der Waals surface area contributed by atoms with Gasteiger partial charge in [0.15, 0.2) is 5.96 Å². The van der Waals surface area contributed by atoms with Gasteiger partial charge in [0.2, 0.25) is 65.0 Å². The molecule has 0 unspecified atom stereocenters. The number of primary amides is 2. The van der Waals surface area contributed by atoms with Gasteiger partial charge in [-0.05, 0) is 55.7 Å². The smallest absolute Gasteiger partial charge is 0.245 e. The van der Waals surface area contributed by atoms with Crippen molar-refractivity contribution in [3.8, 4) is 0 Å². The number of amides is 11. The van der Waals surface area contributed by atoms with Crippen LogP contribution in [-0.2, 0) is 85.0 Å². The average molecular weight is 1210 g/mol. The minimum atomic E-state index is -1.59. The van der Waals surface area contributed by atoms with Crippen LogP contribution in [0.2, 0.25) is 0 Å². The Hall–Kier alpha value is -10.2. The molecule has 5 aromatic rings. The highest BCUT2D eigenvalue weighted by Crippen LogP contribution is 2.22. The summed E-state index contributed by atoms with van der Waals surface area (Å²) in [5, 5.41) is 32.9. The summed E-state index contributed by atoms with van der Waals surface area (Å²) < 4.78 is 1.17. The molecule has 4 atom stereocenters. The molecular formula is C56H78N20O11. The summed E-state index contributed by atoms with van der Waals surface area (Å²) in [6.45, 7) is 1.98. The molecule has 0 aliphatic rings. The van der Waals surface area contributed by atoms with Crippen molar-refractivity contribution < 1.29 is 52.7 Å². The van der Waals surface area contributed by atoms with Crippen LogP contribution in [0.15, 0.2) is 84.5 Å². The molecule has 0 bridgehead atoms. The number of para-hydroxylation sites is 1. The first-order chi connectivity index (χ1) is 41.6. The maximum Gasteiger partial charge on any atom is 0.245 e. The van der Waals surface area contributed by atoms with E-state index < -0.39 is 96.0 Å². The molecule has 11 amide bonds. The largest absolute Gasteiger partial charge is 0.370 e. The lowest BCUT2D eigenvalue weighted by Gasteiger charge is -2.34. The van der Waals surface area contributed by atoms with E-state index in [1.807, 2.05) is 24.3 Å². The Morgan fingerprint density at radius 2 is 1.30 bits per heavy atom. The number of carbonyl (C=O) groups is 11. The van der Waals surface area contributed by atoms with Gasteiger partial charge in [0.05, 0.1) is 18.6 Å². The van der Waals surface area contributed by atoms with Crippen LogP contribution in [0.1, 0.15) is 87.7 Å². The van der Waals surface area contributed by atoms with Crippen molar-refractivity contribution in [2.24, 2.45) is 27.9 Å². The van der Waals surface area contributed by atoms with Gasteiger partial charge in [0.1, 0.15) is 36.3 Å². The van der Waals surface area contributed by atoms with Crippen molar-refractivity contribution in [2.45, 2.75) is 127 Å². The number of H-pyrrole nitrogens is 2. The van der Waals surface area contributed by atoms with Crippen molar-refractivity contribution in [3.05, 3.63) is 102 Å². The zero-order valence-corrected chi connectivity index (χ0v) is 48.6. The lowest BCUT2D eigenvalue weighted by atomic mass is 9.86. The van der Waals surface area contributed by atoms with E-state index >= 15 is 0 Å². The van der Waals surface area contributed by atoms with E-state index in [1.54, 1.807) is 36.5 Å². The fourth-order valence-electron chi connectivity index (χ4n) is 9.26. The van der Waals surface area contributed by atoms with Crippen LogP contribution in [0.3, 0.4) is 0 Å². The SMILES string of the molecule is CC(=O)NCCCC(CCCNC(C)=O)(NC(=O)CNC(=O)Cn1cc(CCC(=O)N[C@@H](Cc2cnc[nH]2)C(=O)N[C@H](Cc2ccccc2)C(=O)N[C@@H](CCCN=C(N)N)C(=O)N[C@@H](Cc2c[nH]c3ccccc23)C(N)=O)nn1)C(=O)NCCC(N)=O. The first-order valence-electron chi connectivity index (χ1n) is 28.2. The number of nitrogens with two attached hydrogens (primary N) is 4. The van der Waals surface area contributed by atoms with Crippen molar-refractivity contribution in [2.75, 3.05) is 32.7 Å². The molecule has 0 aliphatic heterocycles. The molecule has 87 heavy (non-hydrogen) atoms. The number of hydrogen-bond donors (Lipinski definition) is 15. The Balaban J connectivity index is 1.23. The molecule has 0 fully saturated rings. The number of carbonyl (C=O) groups excluding carboxylic acids is 11. The number of benzene rings is 2. The molecular weight excluding hydrogens is 1130 g/mol. The number of aliphatic imine (C=N–C) groups is 1. The molecule has 31 nitrogen and oxygen atoms in total. The van der Waals surface area contributed by atoms with Gasteiger partial charge >= 0.3 is 0 Å². The summed E-state index contributed by atoms with van der Waals surface area (Å²) in [6.07, 6.45) is 6.24. The minimum Gasteiger partial charge on any atom is -0.370 e. The Morgan fingerprint density at radius 3 is 1.94 bits per heavy atom. The summed E-state index contributed by atoms with van der Waals surface area (Å²) in [5.41, 5.74) is 23.5. The van der Waals surface area contributed by atoms with Crippen LogP contribution in [0.5, 0.6) is 0 Å². The summed E-state index contributed by atoms with van der Waals surface area (Å²) in [5.74, 6) is -7.21. The van der Waals surface area contributed by atoms with Crippen LogP contribution < -0.4 is 70.8 Å². The molecule has 3 aromatic heterocycles. The predicted octanol–water partition coefficient (Wildman–Crippen LogP) is -3.58. The lowest BCUT2D eigenvalue weighted by molar-refractivity contribution is -0.134. The number of rotatable bonds is 38. The zero-order chi connectivity index (χ0) is 63.3. The number of fused-ring (bicyclic) bond motifs is 1. The number of imidazole rings is 1. The maximum absolute atomic E-state index is 14.5. The van der Waals surface area contributed by atoms with Crippen LogP contribution in [0.25, 0.3) is 10.9 Å². The number of aryl methyl sites for hydroxylation is 1. The normalized spacial score (nSPS) is 12.4. The van der Waals surface area contributed by atoms with E-state index in [4.69, 9.17) is 22.9 Å². The average Bonchev–Trinajstić information content (AvgIpc) is 4.41. The predicted molar refractivity (Wildman–Crippen MR) is 316 cm³/mol. The van der Waals surface area contributed by atoms with Crippen LogP contribution in [0.4, 0.5) is 0 Å². The Labute approximate surface area is 500 Å². The Morgan fingerprint density at radius 1 is 0.655 bits per heavy atom. The van der Waals surface area contributed by atoms with Crippen molar-refractivity contribution in [3.63, 3.8) is 0 Å². The molecule has 5 rings (SSSR count). The van der Waals surface area contributed by atoms with Crippen molar-refractivity contribution in [1.82, 2.24) is 77.8 Å². The molecule has 0 saturated heterocycles. The van der Waals surface area contributed by atoms with Gasteiger partial charge in [-0.1, -0.05) is 53.7 Å². The third-order valence-electron chi connectivity index (χ3n) is 13.6. The number of aromatic amines is 2. The highest BCUT2D eigenvalue weighted by atomic mass is 16.2. The summed E-state index contributed by atoms with van der Waals surface area (Å²) >= 11 is 0. The summed E-state index contributed by atoms with van der Waals surface area (Å²) in [7, 11) is 0. The van der Waals surface area contributed by atoms with Gasteiger partial charge in [-0.15, -0.1) is 5.10 Å². The molecule has 3 heterocycles. The molecule has 0 aliphatic carbocycles. The van der Waals surface area contributed by atoms with Crippen molar-refractivity contribution >= 4 is 81.8 Å². The van der Waals surface area contributed by atoms with Gasteiger partial charge in [0, 0.05) is 114 Å². The first-order valence-corrected chi connectivity index (χ1v) is 28.2. The van der Waals surface area contributed by atoms with Crippen LogP contribution in [-0.4, -0.2) is 163 Å². The second-order valence-electron chi connectivity index (χ2n) is 20.6. The van der Waals surface area contributed by atoms with Gasteiger partial charge in [0.25, 0.3) is 0 Å². The highest BCUT2D eigenvalue weighted by Gasteiger charge is 2.39. The number of nitrogens with zero attached hydrogens (tertiary/aromatic N) is 5. The van der Waals surface area contributed by atoms with Gasteiger partial charge in [-0.25, -0.2) is 9.67 Å². The van der Waals surface area contributed by atoms with Crippen molar-refractivity contribution in [1.29, 1.82) is 0 Å². The maximum atomic E-state index is 14.5. The van der Waals surface area contributed by atoms with Gasteiger partial charge in [-0.2, -0.15) is 0 Å². The third kappa shape index (κ3) is 23.7. The number of nitrogens with one attached hydrogen (secondary N) is 11. The quantitative estimate of drug-likeness (QED) is 0.0103. The standard InChI is InChI=1S/C56H78N20O11/c1-34(77)62-22-9-19-56(20-10-23-63-35(2)78,54(87)64-24-18-46(57)79)73-48(81)30-67-49(82)32-76-31-38(74-75-76)16-17-47(80)69-45(27-39-29-61-33-68-39)53(86)72-44(25-36-11-4-3-5-12-36)52(85)70-42(15-8-21-65-55(59)60)51(84)71-43(50(58)83)26-37-28-66-41-14-7-6-13-40(37)41/h3-7,11-14,28-29,31,33,42-45,66H,8-10,15-27,30,32H2,1-2H3,(H2,57,79)(H2,58,83)(H,61,68)(H,62,77)(H,63,78)(H,64,87)(H,67,82)(H,69,80)(H,70,85)(H,71,84)(H,72,86)(H,73,81)(H4,59,60,65)/t42-,43-,44+,45-/m0/s1. The van der Waals surface area contributed by atoms with E-state index in [2.05, 4.69) is 78.1 Å². The Kier molecular flexibility index (Phi) is 26.8. The van der Waals surface area contributed by atoms with E-state index in [0.717, 1.165) is 10.9 Å². The van der Waals surface area contributed by atoms with E-state index in [1.165, 1.54) is 37.3 Å². The molecule has 0 saturated carbocycles. The topological polar surface area (TPSA) is 488 Å². The fourth-order valence-corrected chi connectivity index (χ4v) is 9.26. The monoisotopic (exact) mass is 1210 g/mol. The highest BCUT2D eigenvalue weighted by molar-refractivity contribution is 5.96. The number of guanidine groups is 1. The molecule has 2 aromatic carbocycles. The second kappa shape index (κ2) is 34.5. The summed E-state index contributed by atoms with van der Waals surface area (Å²) in [4.78, 5) is 158. The third-order valence-corrected chi connectivity index (χ3v) is 13.6. The summed E-state index contributed by atoms with van der Waals surface area (Å²) in [6, 6.07) is 11.1. The van der Waals surface area contributed by atoms with E-state index in [0.29, 0.717) is 16.8 Å². The molecule has 0 radical (unpaired) electrons. The second-order valence-corrected chi connectivity index (χ2v) is 20.6. The zero-order valence-electron chi connectivity index (χ0n) is 48.6. The van der Waals surface area contributed by atoms with E-state index in [9.17, 15) is 52.7 Å². The molecule has 0 spiro atoms. The fraction of sp³-hybridized carbons (Fsp3) is 0.446. The lowest BCUT2D eigenvalue weighted by Crippen LogP contribution is -2.61. The van der Waals surface area contributed by atoms with Crippen LogP contribution in [0, 0.1) is 0 Å². The molecule has 19 N–H and O–H groups in total. The first kappa shape index (κ1) is 67.6. The molecule has 31 heteroatoms. The number of aromatic nitrogens is 6. The molecule has 468 valence electrons. The van der Waals surface area contributed by atoms with Crippen LogP contribution >= 0.6 is 0 Å². The number of hydrogen-bond acceptors (Lipinski definition) is 15. The minimum absolute atomic E-state index is 0.00144. The van der Waals surface area contributed by atoms with E-state index in [-0.39, 0.29) is 127 Å². The Bertz CT molecular complexity index is 3160. The van der Waals surface area contributed by atoms with Gasteiger partial charge < -0.3 is 80.8 Å².